The van der Waals surface area contributed by atoms with Gasteiger partial charge in [-0.3, -0.25) is 4.90 Å². The Morgan fingerprint density at radius 1 is 1.29 bits per heavy atom. The number of piperazine rings is 1. The topological polar surface area (TPSA) is 44.5 Å². The first kappa shape index (κ1) is 16.3. The fourth-order valence-electron chi connectivity index (χ4n) is 2.49. The maximum atomic E-state index is 5.65. The third-order valence-corrected chi connectivity index (χ3v) is 4.14. The third-order valence-electron chi connectivity index (χ3n) is 4.14. The highest BCUT2D eigenvalue weighted by Gasteiger charge is 2.23. The van der Waals surface area contributed by atoms with Crippen molar-refractivity contribution in [2.24, 2.45) is 0 Å². The van der Waals surface area contributed by atoms with E-state index in [9.17, 15) is 0 Å². The summed E-state index contributed by atoms with van der Waals surface area (Å²) in [6.07, 6.45) is 2.98. The molecule has 0 radical (unpaired) electrons. The summed E-state index contributed by atoms with van der Waals surface area (Å²) in [5, 5.41) is 3.43. The van der Waals surface area contributed by atoms with E-state index in [2.05, 4.69) is 54.7 Å². The van der Waals surface area contributed by atoms with Crippen molar-refractivity contribution in [3.8, 4) is 0 Å². The van der Waals surface area contributed by atoms with E-state index < -0.39 is 0 Å². The smallest absolute Gasteiger partial charge is 0.297 e. The lowest BCUT2D eigenvalue weighted by molar-refractivity contribution is 0.190. The van der Waals surface area contributed by atoms with Crippen molar-refractivity contribution in [2.75, 3.05) is 31.1 Å². The average molecular weight is 294 g/mol. The summed E-state index contributed by atoms with van der Waals surface area (Å²) in [4.78, 5) is 9.40. The second-order valence-electron chi connectivity index (χ2n) is 7.01. The molecule has 5 heteroatoms. The first-order chi connectivity index (χ1) is 9.89. The van der Waals surface area contributed by atoms with E-state index in [4.69, 9.17) is 4.42 Å². The zero-order valence-electron chi connectivity index (χ0n) is 14.1. The summed E-state index contributed by atoms with van der Waals surface area (Å²) < 4.78 is 5.65. The van der Waals surface area contributed by atoms with E-state index in [1.165, 1.54) is 6.42 Å². The minimum absolute atomic E-state index is 0.0982. The molecular weight excluding hydrogens is 264 g/mol. The molecular formula is C16H30N4O. The molecule has 2 heterocycles. The first-order valence-electron chi connectivity index (χ1n) is 8.07. The molecule has 1 fully saturated rings. The molecule has 0 bridgehead atoms. The van der Waals surface area contributed by atoms with Gasteiger partial charge in [0, 0.05) is 44.3 Å². The van der Waals surface area contributed by atoms with Gasteiger partial charge in [0.2, 0.25) is 0 Å². The summed E-state index contributed by atoms with van der Waals surface area (Å²) in [5.41, 5.74) is 1.07. The summed E-state index contributed by atoms with van der Waals surface area (Å²) in [6.45, 7) is 15.9. The Morgan fingerprint density at radius 2 is 1.95 bits per heavy atom. The Bertz CT molecular complexity index is 430. The number of hydrogen-bond acceptors (Lipinski definition) is 5. The van der Waals surface area contributed by atoms with Crippen LogP contribution in [0.4, 0.5) is 6.01 Å². The Hall–Kier alpha value is -1.07. The largest absolute Gasteiger partial charge is 0.432 e. The SMILES string of the molecule is CCC(C)N1CCN(c2nc(CNC(C)(C)C)co2)CC1. The Morgan fingerprint density at radius 3 is 2.52 bits per heavy atom. The molecule has 0 aromatic carbocycles. The maximum Gasteiger partial charge on any atom is 0.297 e. The second kappa shape index (κ2) is 6.79. The highest BCUT2D eigenvalue weighted by Crippen LogP contribution is 2.17. The number of nitrogens with one attached hydrogen (secondary N) is 1. The second-order valence-corrected chi connectivity index (χ2v) is 7.01. The predicted molar refractivity (Wildman–Crippen MR) is 86.6 cm³/mol. The minimum Gasteiger partial charge on any atom is -0.432 e. The lowest BCUT2D eigenvalue weighted by atomic mass is 10.1. The van der Waals surface area contributed by atoms with Crippen LogP contribution >= 0.6 is 0 Å². The summed E-state index contributed by atoms with van der Waals surface area (Å²) in [6, 6.07) is 1.44. The van der Waals surface area contributed by atoms with Crippen LogP contribution in [0.5, 0.6) is 0 Å². The number of hydrogen-bond donors (Lipinski definition) is 1. The van der Waals surface area contributed by atoms with Crippen LogP contribution < -0.4 is 10.2 Å². The highest BCUT2D eigenvalue weighted by atomic mass is 16.4. The molecule has 0 aliphatic carbocycles. The molecule has 5 nitrogen and oxygen atoms in total. The van der Waals surface area contributed by atoms with Gasteiger partial charge < -0.3 is 14.6 Å². The number of anilines is 1. The quantitative estimate of drug-likeness (QED) is 0.904. The van der Waals surface area contributed by atoms with E-state index in [0.717, 1.165) is 44.4 Å². The number of rotatable bonds is 5. The molecule has 1 saturated heterocycles. The van der Waals surface area contributed by atoms with Gasteiger partial charge in [-0.2, -0.15) is 4.98 Å². The zero-order chi connectivity index (χ0) is 15.5. The van der Waals surface area contributed by atoms with Crippen LogP contribution in [0.1, 0.15) is 46.7 Å². The normalized spacial score (nSPS) is 19.0. The first-order valence-corrected chi connectivity index (χ1v) is 8.07. The number of oxazole rings is 1. The molecule has 1 atom stereocenters. The maximum absolute atomic E-state index is 5.65. The third kappa shape index (κ3) is 4.71. The molecule has 120 valence electrons. The minimum atomic E-state index is 0.0982. The van der Waals surface area contributed by atoms with Gasteiger partial charge in [-0.05, 0) is 34.1 Å². The molecule has 1 aliphatic rings. The highest BCUT2D eigenvalue weighted by molar-refractivity contribution is 5.28. The van der Waals surface area contributed by atoms with Gasteiger partial charge >= 0.3 is 0 Å². The fourth-order valence-corrected chi connectivity index (χ4v) is 2.49. The van der Waals surface area contributed by atoms with Crippen molar-refractivity contribution in [3.63, 3.8) is 0 Å². The zero-order valence-corrected chi connectivity index (χ0v) is 14.1. The van der Waals surface area contributed by atoms with Crippen molar-refractivity contribution >= 4 is 6.01 Å². The van der Waals surface area contributed by atoms with E-state index in [0.29, 0.717) is 6.04 Å². The standard InChI is InChI=1S/C16H30N4O/c1-6-13(2)19-7-9-20(10-8-19)15-18-14(12-21-15)11-17-16(3,4)5/h12-13,17H,6-11H2,1-5H3. The van der Waals surface area contributed by atoms with Crippen molar-refractivity contribution in [2.45, 2.75) is 59.2 Å². The number of nitrogens with zero attached hydrogens (tertiary/aromatic N) is 3. The Kier molecular flexibility index (Phi) is 5.27. The molecule has 0 spiro atoms. The monoisotopic (exact) mass is 294 g/mol. The molecule has 1 aromatic rings. The lowest BCUT2D eigenvalue weighted by Crippen LogP contribution is -2.49. The van der Waals surface area contributed by atoms with Crippen LogP contribution in [0, 0.1) is 0 Å². The average Bonchev–Trinajstić information content (AvgIpc) is 2.93. The molecule has 1 aliphatic heterocycles. The van der Waals surface area contributed by atoms with Gasteiger partial charge in [0.25, 0.3) is 6.01 Å². The van der Waals surface area contributed by atoms with Crippen LogP contribution in [0.3, 0.4) is 0 Å². The van der Waals surface area contributed by atoms with Crippen molar-refractivity contribution in [1.29, 1.82) is 0 Å². The van der Waals surface area contributed by atoms with Crippen LogP contribution in [0.15, 0.2) is 10.7 Å². The van der Waals surface area contributed by atoms with Gasteiger partial charge in [-0.1, -0.05) is 6.92 Å². The van der Waals surface area contributed by atoms with Gasteiger partial charge in [0.05, 0.1) is 5.69 Å². The molecule has 1 aromatic heterocycles. The Balaban J connectivity index is 1.85. The van der Waals surface area contributed by atoms with Crippen LogP contribution in [0.25, 0.3) is 0 Å². The van der Waals surface area contributed by atoms with Gasteiger partial charge in [0.15, 0.2) is 0 Å². The Labute approximate surface area is 128 Å². The summed E-state index contributed by atoms with van der Waals surface area (Å²) in [7, 11) is 0. The van der Waals surface area contributed by atoms with Crippen molar-refractivity contribution < 1.29 is 4.42 Å². The van der Waals surface area contributed by atoms with Gasteiger partial charge in [-0.15, -0.1) is 0 Å². The molecule has 1 unspecified atom stereocenters. The van der Waals surface area contributed by atoms with Crippen LogP contribution in [-0.4, -0.2) is 47.6 Å². The van der Waals surface area contributed by atoms with Gasteiger partial charge in [-0.25, -0.2) is 0 Å². The van der Waals surface area contributed by atoms with E-state index in [1.807, 2.05) is 0 Å². The molecule has 0 amide bonds. The van der Waals surface area contributed by atoms with E-state index >= 15 is 0 Å². The summed E-state index contributed by atoms with van der Waals surface area (Å²) >= 11 is 0. The van der Waals surface area contributed by atoms with Gasteiger partial charge in [0.1, 0.15) is 6.26 Å². The fraction of sp³-hybridized carbons (Fsp3) is 0.812. The predicted octanol–water partition coefficient (Wildman–Crippen LogP) is 2.48. The molecule has 0 saturated carbocycles. The van der Waals surface area contributed by atoms with E-state index in [1.54, 1.807) is 6.26 Å². The van der Waals surface area contributed by atoms with Crippen LogP contribution in [-0.2, 0) is 6.54 Å². The molecule has 2 rings (SSSR count). The molecule has 21 heavy (non-hydrogen) atoms. The molecule has 1 N–H and O–H groups in total. The van der Waals surface area contributed by atoms with Crippen molar-refractivity contribution in [1.82, 2.24) is 15.2 Å². The van der Waals surface area contributed by atoms with Crippen molar-refractivity contribution in [3.05, 3.63) is 12.0 Å². The summed E-state index contributed by atoms with van der Waals surface area (Å²) in [5.74, 6) is 0. The van der Waals surface area contributed by atoms with Crippen LogP contribution in [0.2, 0.25) is 0 Å². The van der Waals surface area contributed by atoms with E-state index in [-0.39, 0.29) is 5.54 Å². The lowest BCUT2D eigenvalue weighted by Gasteiger charge is -2.37. The number of aromatic nitrogens is 1.